The van der Waals surface area contributed by atoms with E-state index in [0.29, 0.717) is 6.61 Å². The first-order valence-electron chi connectivity index (χ1n) is 4.44. The van der Waals surface area contributed by atoms with Crippen LogP contribution in [0.1, 0.15) is 39.0 Å². The number of carbonyl (C=O) groups excluding carboxylic acids is 1. The van der Waals surface area contributed by atoms with E-state index in [1.165, 1.54) is 19.3 Å². The molecular weight excluding hydrogens is 152 g/mol. The Morgan fingerprint density at radius 1 is 1.33 bits per heavy atom. The van der Waals surface area contributed by atoms with Gasteiger partial charge in [0, 0.05) is 5.92 Å². The number of esters is 1. The van der Waals surface area contributed by atoms with Gasteiger partial charge in [0.15, 0.2) is 0 Å². The summed E-state index contributed by atoms with van der Waals surface area (Å²) < 4.78 is 4.70. The molecule has 0 aliphatic heterocycles. The van der Waals surface area contributed by atoms with Gasteiger partial charge < -0.3 is 4.74 Å². The first-order chi connectivity index (χ1) is 5.81. The maximum absolute atomic E-state index is 10.4. The zero-order valence-corrected chi connectivity index (χ0v) is 7.64. The molecule has 0 atom stereocenters. The molecule has 0 aromatic carbocycles. The van der Waals surface area contributed by atoms with Gasteiger partial charge in [0.2, 0.25) is 0 Å². The van der Waals surface area contributed by atoms with Crippen LogP contribution >= 0.6 is 0 Å². The van der Waals surface area contributed by atoms with Gasteiger partial charge in [0.25, 0.3) is 0 Å². The van der Waals surface area contributed by atoms with Gasteiger partial charge in [0.05, 0.1) is 6.61 Å². The molecule has 2 nitrogen and oxygen atoms in total. The standard InChI is InChI=1S/C10H16O2/c1-3-5-6-7-8-9-12-10(11)4-2/h2H,3,5-9H2,1H3. The number of ether oxygens (including phenoxy) is 1. The van der Waals surface area contributed by atoms with Crippen LogP contribution in [0, 0.1) is 12.3 Å². The SMILES string of the molecule is C#CC(=O)OCCCCCCC. The van der Waals surface area contributed by atoms with E-state index in [4.69, 9.17) is 11.2 Å². The van der Waals surface area contributed by atoms with E-state index in [0.717, 1.165) is 12.8 Å². The van der Waals surface area contributed by atoms with Crippen molar-refractivity contribution in [2.75, 3.05) is 6.61 Å². The number of terminal acetylenes is 1. The summed E-state index contributed by atoms with van der Waals surface area (Å²) in [5.41, 5.74) is 0. The molecule has 0 aromatic heterocycles. The molecule has 0 heterocycles. The molecule has 0 bridgehead atoms. The molecule has 0 radical (unpaired) electrons. The average Bonchev–Trinajstić information content (AvgIpc) is 2.10. The second kappa shape index (κ2) is 8.13. The molecule has 0 aliphatic rings. The molecule has 0 amide bonds. The second-order valence-electron chi connectivity index (χ2n) is 2.69. The maximum Gasteiger partial charge on any atom is 0.384 e. The Bertz CT molecular complexity index is 156. The number of carbonyl (C=O) groups is 1. The maximum atomic E-state index is 10.4. The highest BCUT2D eigenvalue weighted by Gasteiger charge is 1.94. The van der Waals surface area contributed by atoms with Crippen LogP contribution in [0.25, 0.3) is 0 Å². The highest BCUT2D eigenvalue weighted by molar-refractivity contribution is 5.87. The normalized spacial score (nSPS) is 9.00. The molecule has 0 saturated carbocycles. The van der Waals surface area contributed by atoms with Gasteiger partial charge >= 0.3 is 5.97 Å². The van der Waals surface area contributed by atoms with Crippen LogP contribution in [0.2, 0.25) is 0 Å². The second-order valence-corrected chi connectivity index (χ2v) is 2.69. The summed E-state index contributed by atoms with van der Waals surface area (Å²) in [5, 5.41) is 0. The summed E-state index contributed by atoms with van der Waals surface area (Å²) in [4.78, 5) is 10.4. The van der Waals surface area contributed by atoms with Gasteiger partial charge in [-0.25, -0.2) is 4.79 Å². The van der Waals surface area contributed by atoms with Gasteiger partial charge in [-0.15, -0.1) is 6.42 Å². The quantitative estimate of drug-likeness (QED) is 0.263. The van der Waals surface area contributed by atoms with Crippen LogP contribution < -0.4 is 0 Å². The Labute approximate surface area is 74.3 Å². The van der Waals surface area contributed by atoms with Crippen molar-refractivity contribution >= 4 is 5.97 Å². The van der Waals surface area contributed by atoms with Gasteiger partial charge in [-0.1, -0.05) is 32.6 Å². The molecule has 2 heteroatoms. The minimum absolute atomic E-state index is 0.465. The summed E-state index contributed by atoms with van der Waals surface area (Å²) in [5.74, 6) is 1.36. The fourth-order valence-electron chi connectivity index (χ4n) is 0.912. The van der Waals surface area contributed by atoms with E-state index in [-0.39, 0.29) is 0 Å². The Hall–Kier alpha value is -0.970. The molecule has 0 spiro atoms. The lowest BCUT2D eigenvalue weighted by Crippen LogP contribution is -2.02. The van der Waals surface area contributed by atoms with E-state index in [2.05, 4.69) is 6.92 Å². The van der Waals surface area contributed by atoms with Gasteiger partial charge in [0.1, 0.15) is 0 Å². The van der Waals surface area contributed by atoms with Crippen molar-refractivity contribution in [3.8, 4) is 12.3 Å². The van der Waals surface area contributed by atoms with Crippen LogP contribution in [0.3, 0.4) is 0 Å². The van der Waals surface area contributed by atoms with Crippen molar-refractivity contribution in [2.24, 2.45) is 0 Å². The van der Waals surface area contributed by atoms with Crippen molar-refractivity contribution < 1.29 is 9.53 Å². The summed E-state index contributed by atoms with van der Waals surface area (Å²) in [6.07, 6.45) is 10.5. The van der Waals surface area contributed by atoms with Crippen LogP contribution in [-0.4, -0.2) is 12.6 Å². The fourth-order valence-corrected chi connectivity index (χ4v) is 0.912. The first-order valence-corrected chi connectivity index (χ1v) is 4.44. The largest absolute Gasteiger partial charge is 0.456 e. The smallest absolute Gasteiger partial charge is 0.384 e. The molecule has 0 aliphatic carbocycles. The molecular formula is C10H16O2. The molecule has 0 N–H and O–H groups in total. The summed E-state index contributed by atoms with van der Waals surface area (Å²) in [7, 11) is 0. The number of unbranched alkanes of at least 4 members (excludes halogenated alkanes) is 4. The lowest BCUT2D eigenvalue weighted by Gasteiger charge is -1.99. The monoisotopic (exact) mass is 168 g/mol. The molecule has 0 aromatic rings. The van der Waals surface area contributed by atoms with Crippen molar-refractivity contribution in [1.82, 2.24) is 0 Å². The lowest BCUT2D eigenvalue weighted by atomic mass is 10.2. The van der Waals surface area contributed by atoms with Crippen LogP contribution in [0.4, 0.5) is 0 Å². The van der Waals surface area contributed by atoms with E-state index < -0.39 is 5.97 Å². The third kappa shape index (κ3) is 7.14. The third-order valence-corrected chi connectivity index (χ3v) is 1.60. The Balaban J connectivity index is 3.02. The minimum atomic E-state index is -0.550. The first kappa shape index (κ1) is 11.0. The van der Waals surface area contributed by atoms with Gasteiger partial charge in [-0.3, -0.25) is 0 Å². The van der Waals surface area contributed by atoms with E-state index in [9.17, 15) is 4.79 Å². The minimum Gasteiger partial charge on any atom is -0.456 e. The van der Waals surface area contributed by atoms with E-state index in [1.54, 1.807) is 0 Å². The molecule has 12 heavy (non-hydrogen) atoms. The van der Waals surface area contributed by atoms with Crippen LogP contribution in [0.15, 0.2) is 0 Å². The van der Waals surface area contributed by atoms with Gasteiger partial charge in [-0.2, -0.15) is 0 Å². The molecule has 0 fully saturated rings. The predicted molar refractivity (Wildman–Crippen MR) is 48.6 cm³/mol. The molecule has 0 unspecified atom stereocenters. The van der Waals surface area contributed by atoms with Crippen molar-refractivity contribution in [3.05, 3.63) is 0 Å². The Kier molecular flexibility index (Phi) is 7.47. The highest BCUT2D eigenvalue weighted by Crippen LogP contribution is 2.02. The molecule has 0 saturated heterocycles. The molecule has 68 valence electrons. The van der Waals surface area contributed by atoms with Gasteiger partial charge in [-0.05, 0) is 6.42 Å². The summed E-state index contributed by atoms with van der Waals surface area (Å²) >= 11 is 0. The van der Waals surface area contributed by atoms with Crippen molar-refractivity contribution in [1.29, 1.82) is 0 Å². The predicted octanol–water partition coefficient (Wildman–Crippen LogP) is 2.13. The summed E-state index contributed by atoms with van der Waals surface area (Å²) in [6, 6.07) is 0. The van der Waals surface area contributed by atoms with Crippen LogP contribution in [-0.2, 0) is 9.53 Å². The van der Waals surface area contributed by atoms with Crippen LogP contribution in [0.5, 0.6) is 0 Å². The fraction of sp³-hybridized carbons (Fsp3) is 0.700. The Morgan fingerprint density at radius 2 is 2.00 bits per heavy atom. The lowest BCUT2D eigenvalue weighted by molar-refractivity contribution is -0.136. The number of hydrogen-bond acceptors (Lipinski definition) is 2. The molecule has 0 rings (SSSR count). The average molecular weight is 168 g/mol. The van der Waals surface area contributed by atoms with E-state index >= 15 is 0 Å². The zero-order chi connectivity index (χ0) is 9.23. The Morgan fingerprint density at radius 3 is 2.58 bits per heavy atom. The topological polar surface area (TPSA) is 26.3 Å². The highest BCUT2D eigenvalue weighted by atomic mass is 16.5. The van der Waals surface area contributed by atoms with E-state index in [1.807, 2.05) is 5.92 Å². The number of rotatable bonds is 6. The van der Waals surface area contributed by atoms with Crippen molar-refractivity contribution in [3.63, 3.8) is 0 Å². The zero-order valence-electron chi connectivity index (χ0n) is 7.64. The third-order valence-electron chi connectivity index (χ3n) is 1.60. The number of hydrogen-bond donors (Lipinski definition) is 0. The van der Waals surface area contributed by atoms with Crippen molar-refractivity contribution in [2.45, 2.75) is 39.0 Å². The summed E-state index contributed by atoms with van der Waals surface area (Å²) in [6.45, 7) is 2.63.